The fourth-order valence-electron chi connectivity index (χ4n) is 1.85. The first kappa shape index (κ1) is 15.9. The Bertz CT molecular complexity index is 536. The van der Waals surface area contributed by atoms with Crippen molar-refractivity contribution >= 4 is 11.8 Å². The highest BCUT2D eigenvalue weighted by Gasteiger charge is 1.98. The van der Waals surface area contributed by atoms with E-state index in [9.17, 15) is 0 Å². The largest absolute Gasteiger partial charge is 0.308 e. The van der Waals surface area contributed by atoms with Crippen molar-refractivity contribution in [2.75, 3.05) is 0 Å². The second kappa shape index (κ2) is 8.87. The van der Waals surface area contributed by atoms with Gasteiger partial charge in [-0.05, 0) is 30.0 Å². The van der Waals surface area contributed by atoms with Gasteiger partial charge in [-0.15, -0.1) is 0 Å². The van der Waals surface area contributed by atoms with Gasteiger partial charge in [0.15, 0.2) is 0 Å². The standard InChI is InChI=1S/C17H17N.C2H6/c1-14-7-10-16(11-8-14)17(13-18)12-9-15-5-3-2-4-6-15;1-2/h2-8,10-13,18H,9H2,1H3;1-2H3/b17-12+,18-13?;. The molecule has 2 aromatic carbocycles. The fraction of sp³-hybridized carbons (Fsp3) is 0.211. The fourth-order valence-corrected chi connectivity index (χ4v) is 1.85. The normalized spacial score (nSPS) is 10.4. The monoisotopic (exact) mass is 265 g/mol. The molecular formula is C19H23N. The number of nitrogens with one attached hydrogen (secondary N) is 1. The Kier molecular flexibility index (Phi) is 7.05. The molecule has 0 fully saturated rings. The van der Waals surface area contributed by atoms with Gasteiger partial charge < -0.3 is 5.41 Å². The van der Waals surface area contributed by atoms with Gasteiger partial charge in [0.1, 0.15) is 0 Å². The molecule has 2 aromatic rings. The van der Waals surface area contributed by atoms with Crippen molar-refractivity contribution < 1.29 is 0 Å². The van der Waals surface area contributed by atoms with E-state index in [2.05, 4.69) is 49.4 Å². The molecule has 0 spiro atoms. The summed E-state index contributed by atoms with van der Waals surface area (Å²) in [4.78, 5) is 0. The Morgan fingerprint density at radius 3 is 2.10 bits per heavy atom. The van der Waals surface area contributed by atoms with Crippen molar-refractivity contribution in [1.29, 1.82) is 5.41 Å². The van der Waals surface area contributed by atoms with Gasteiger partial charge in [-0.25, -0.2) is 0 Å². The molecule has 0 heterocycles. The molecule has 0 bridgehead atoms. The minimum absolute atomic E-state index is 0.861. The highest BCUT2D eigenvalue weighted by molar-refractivity contribution is 6.08. The van der Waals surface area contributed by atoms with E-state index in [-0.39, 0.29) is 0 Å². The molecule has 1 N–H and O–H groups in total. The van der Waals surface area contributed by atoms with Crippen LogP contribution in [0.5, 0.6) is 0 Å². The van der Waals surface area contributed by atoms with Gasteiger partial charge in [-0.1, -0.05) is 80.1 Å². The zero-order chi connectivity index (χ0) is 14.8. The van der Waals surface area contributed by atoms with Gasteiger partial charge in [-0.2, -0.15) is 0 Å². The van der Waals surface area contributed by atoms with E-state index < -0.39 is 0 Å². The molecule has 2 rings (SSSR count). The van der Waals surface area contributed by atoms with Crippen molar-refractivity contribution in [3.05, 3.63) is 77.4 Å². The van der Waals surface area contributed by atoms with Crippen LogP contribution in [0.3, 0.4) is 0 Å². The maximum absolute atomic E-state index is 7.52. The van der Waals surface area contributed by atoms with Crippen LogP contribution < -0.4 is 0 Å². The highest BCUT2D eigenvalue weighted by atomic mass is 14.3. The number of hydrogen-bond donors (Lipinski definition) is 1. The molecule has 0 radical (unpaired) electrons. The van der Waals surface area contributed by atoms with E-state index in [0.717, 1.165) is 17.6 Å². The zero-order valence-electron chi connectivity index (χ0n) is 12.6. The van der Waals surface area contributed by atoms with E-state index in [0.29, 0.717) is 0 Å². The molecule has 104 valence electrons. The van der Waals surface area contributed by atoms with Gasteiger partial charge >= 0.3 is 0 Å². The van der Waals surface area contributed by atoms with Crippen molar-refractivity contribution in [3.63, 3.8) is 0 Å². The van der Waals surface area contributed by atoms with Crippen LogP contribution in [0.1, 0.15) is 30.5 Å². The molecule has 1 heteroatoms. The molecule has 0 aliphatic carbocycles. The molecule has 0 aliphatic heterocycles. The van der Waals surface area contributed by atoms with Crippen molar-refractivity contribution in [2.24, 2.45) is 0 Å². The third kappa shape index (κ3) is 4.85. The smallest absolute Gasteiger partial charge is 0.0253 e. The maximum atomic E-state index is 7.52. The minimum Gasteiger partial charge on any atom is -0.308 e. The van der Waals surface area contributed by atoms with Crippen molar-refractivity contribution in [2.45, 2.75) is 27.2 Å². The maximum Gasteiger partial charge on any atom is 0.0253 e. The van der Waals surface area contributed by atoms with E-state index in [1.54, 1.807) is 0 Å². The minimum atomic E-state index is 0.861. The van der Waals surface area contributed by atoms with Gasteiger partial charge in [0, 0.05) is 6.21 Å². The number of allylic oxidation sites excluding steroid dienone is 2. The summed E-state index contributed by atoms with van der Waals surface area (Å²) >= 11 is 0. The lowest BCUT2D eigenvalue weighted by Crippen LogP contribution is -1.88. The van der Waals surface area contributed by atoms with E-state index in [1.165, 1.54) is 17.3 Å². The van der Waals surface area contributed by atoms with Crippen LogP contribution in [-0.2, 0) is 6.42 Å². The molecule has 0 amide bonds. The summed E-state index contributed by atoms with van der Waals surface area (Å²) in [5.74, 6) is 0. The average molecular weight is 265 g/mol. The Morgan fingerprint density at radius 2 is 1.55 bits per heavy atom. The van der Waals surface area contributed by atoms with Crippen LogP contribution in [0.15, 0.2) is 60.7 Å². The molecular weight excluding hydrogens is 242 g/mol. The molecule has 0 aliphatic rings. The van der Waals surface area contributed by atoms with E-state index in [1.807, 2.05) is 32.0 Å². The number of aryl methyl sites for hydroxylation is 1. The van der Waals surface area contributed by atoms with Gasteiger partial charge in [0.2, 0.25) is 0 Å². The summed E-state index contributed by atoms with van der Waals surface area (Å²) in [6, 6.07) is 18.6. The first-order chi connectivity index (χ1) is 9.79. The topological polar surface area (TPSA) is 23.9 Å². The lowest BCUT2D eigenvalue weighted by atomic mass is 10.0. The van der Waals surface area contributed by atoms with E-state index in [4.69, 9.17) is 5.41 Å². The number of benzene rings is 2. The summed E-state index contributed by atoms with van der Waals surface area (Å²) in [6.07, 6.45) is 4.39. The summed E-state index contributed by atoms with van der Waals surface area (Å²) < 4.78 is 0. The molecule has 0 aromatic heterocycles. The average Bonchev–Trinajstić information content (AvgIpc) is 2.52. The van der Waals surface area contributed by atoms with Crippen LogP contribution in [0.2, 0.25) is 0 Å². The van der Waals surface area contributed by atoms with Gasteiger partial charge in [0.25, 0.3) is 0 Å². The molecule has 0 saturated carbocycles. The third-order valence-electron chi connectivity index (χ3n) is 2.94. The highest BCUT2D eigenvalue weighted by Crippen LogP contribution is 2.14. The van der Waals surface area contributed by atoms with Crippen LogP contribution in [0.25, 0.3) is 5.57 Å². The van der Waals surface area contributed by atoms with E-state index >= 15 is 0 Å². The van der Waals surface area contributed by atoms with Crippen LogP contribution >= 0.6 is 0 Å². The first-order valence-corrected chi connectivity index (χ1v) is 7.11. The Labute approximate surface area is 122 Å². The second-order valence-electron chi connectivity index (χ2n) is 4.36. The Morgan fingerprint density at radius 1 is 0.950 bits per heavy atom. The lowest BCUT2D eigenvalue weighted by Gasteiger charge is -2.03. The lowest BCUT2D eigenvalue weighted by molar-refractivity contribution is 1.27. The second-order valence-corrected chi connectivity index (χ2v) is 4.36. The summed E-state index contributed by atoms with van der Waals surface area (Å²) in [7, 11) is 0. The Hall–Kier alpha value is -2.15. The van der Waals surface area contributed by atoms with Crippen LogP contribution in [-0.4, -0.2) is 6.21 Å². The van der Waals surface area contributed by atoms with Gasteiger partial charge in [-0.3, -0.25) is 0 Å². The molecule has 0 unspecified atom stereocenters. The van der Waals surface area contributed by atoms with Crippen molar-refractivity contribution in [3.8, 4) is 0 Å². The van der Waals surface area contributed by atoms with Crippen LogP contribution in [0, 0.1) is 12.3 Å². The quantitative estimate of drug-likeness (QED) is 0.726. The number of rotatable bonds is 4. The summed E-state index contributed by atoms with van der Waals surface area (Å²) in [6.45, 7) is 6.07. The predicted molar refractivity (Wildman–Crippen MR) is 89.4 cm³/mol. The number of hydrogen-bond acceptors (Lipinski definition) is 1. The first-order valence-electron chi connectivity index (χ1n) is 7.11. The molecule has 20 heavy (non-hydrogen) atoms. The third-order valence-corrected chi connectivity index (χ3v) is 2.94. The van der Waals surface area contributed by atoms with Crippen molar-refractivity contribution in [1.82, 2.24) is 0 Å². The van der Waals surface area contributed by atoms with Crippen LogP contribution in [0.4, 0.5) is 0 Å². The zero-order valence-corrected chi connectivity index (χ0v) is 12.6. The van der Waals surface area contributed by atoms with Gasteiger partial charge in [0.05, 0.1) is 0 Å². The predicted octanol–water partition coefficient (Wildman–Crippen LogP) is 5.30. The molecule has 0 atom stereocenters. The molecule has 0 saturated heterocycles. The Balaban J connectivity index is 0.000000956. The molecule has 1 nitrogen and oxygen atoms in total. The SMILES string of the molecule is CC.Cc1ccc(/C(C=N)=C/Cc2ccccc2)cc1. The summed E-state index contributed by atoms with van der Waals surface area (Å²) in [5, 5.41) is 7.52. The summed E-state index contributed by atoms with van der Waals surface area (Å²) in [5.41, 5.74) is 4.58.